The quantitative estimate of drug-likeness (QED) is 0.559. The fraction of sp³-hybridized carbons (Fsp3) is 0.478. The number of aryl methyl sites for hydroxylation is 1. The average molecular weight is 427 g/mol. The summed E-state index contributed by atoms with van der Waals surface area (Å²) in [5, 5.41) is 6.89. The zero-order valence-corrected chi connectivity index (χ0v) is 18.1. The molecule has 0 spiro atoms. The summed E-state index contributed by atoms with van der Waals surface area (Å²) in [6.07, 6.45) is 4.76. The van der Waals surface area contributed by atoms with Crippen molar-refractivity contribution in [3.8, 4) is 0 Å². The van der Waals surface area contributed by atoms with Crippen molar-refractivity contribution in [2.75, 3.05) is 39.4 Å². The lowest BCUT2D eigenvalue weighted by Gasteiger charge is -2.30. The Balaban J connectivity index is 0.000000858. The molecule has 1 amide bonds. The molecule has 8 nitrogen and oxygen atoms in total. The van der Waals surface area contributed by atoms with E-state index in [0.717, 1.165) is 39.4 Å². The molecule has 3 atom stereocenters. The van der Waals surface area contributed by atoms with Gasteiger partial charge in [0.15, 0.2) is 0 Å². The molecule has 166 valence electrons. The number of rotatable bonds is 6. The highest BCUT2D eigenvalue weighted by Gasteiger charge is 2.49. The summed E-state index contributed by atoms with van der Waals surface area (Å²) in [5.41, 5.74) is 2.91. The van der Waals surface area contributed by atoms with Crippen molar-refractivity contribution < 1.29 is 19.4 Å². The van der Waals surface area contributed by atoms with E-state index in [1.165, 1.54) is 11.1 Å². The monoisotopic (exact) mass is 426 g/mol. The number of fused-ring (bicyclic) bond motifs is 1. The number of likely N-dealkylation sites (tertiary alicyclic amines) is 2. The number of hydrogen-bond acceptors (Lipinski definition) is 6. The second kappa shape index (κ2) is 11.0. The Labute approximate surface area is 182 Å². The van der Waals surface area contributed by atoms with Gasteiger partial charge in [-0.25, -0.2) is 4.98 Å². The van der Waals surface area contributed by atoms with Crippen LogP contribution in [0, 0.1) is 18.8 Å². The second-order valence-corrected chi connectivity index (χ2v) is 7.84. The minimum Gasteiger partial charge on any atom is -0.483 e. The van der Waals surface area contributed by atoms with Crippen LogP contribution >= 0.6 is 0 Å². The predicted octanol–water partition coefficient (Wildman–Crippen LogP) is 2.27. The Kier molecular flexibility index (Phi) is 8.08. The first-order valence-corrected chi connectivity index (χ1v) is 10.6. The number of nitrogens with zero attached hydrogens (tertiary/aromatic N) is 4. The predicted molar refractivity (Wildman–Crippen MR) is 116 cm³/mol. The van der Waals surface area contributed by atoms with E-state index < -0.39 is 0 Å². The van der Waals surface area contributed by atoms with Gasteiger partial charge in [-0.3, -0.25) is 14.6 Å². The number of ether oxygens (including phenoxy) is 1. The number of benzene rings is 1. The van der Waals surface area contributed by atoms with E-state index >= 15 is 0 Å². The van der Waals surface area contributed by atoms with Gasteiger partial charge in [-0.2, -0.15) is 0 Å². The molecular formula is C23H30N4O4. The normalized spacial score (nSPS) is 22.5. The molecule has 2 fully saturated rings. The lowest BCUT2D eigenvalue weighted by molar-refractivity contribution is -0.122. The third kappa shape index (κ3) is 5.26. The molecule has 3 heterocycles. The van der Waals surface area contributed by atoms with Crippen LogP contribution in [-0.2, 0) is 9.53 Å². The molecule has 8 heteroatoms. The lowest BCUT2D eigenvalue weighted by atomic mass is 9.87. The van der Waals surface area contributed by atoms with Crippen LogP contribution in [0.5, 0.6) is 0 Å². The van der Waals surface area contributed by atoms with Crippen LogP contribution in [0.1, 0.15) is 34.6 Å². The SMILES string of the molecule is CCOCCN1C[C@H]2CN(C(=O)c3cnccn3)[C@H](c3ccccc3C)[C@H]2C1.O=CO. The fourth-order valence-corrected chi connectivity index (χ4v) is 4.74. The van der Waals surface area contributed by atoms with Gasteiger partial charge in [0, 0.05) is 51.1 Å². The van der Waals surface area contributed by atoms with Crippen molar-refractivity contribution in [2.24, 2.45) is 11.8 Å². The van der Waals surface area contributed by atoms with E-state index in [4.69, 9.17) is 14.6 Å². The summed E-state index contributed by atoms with van der Waals surface area (Å²) < 4.78 is 5.54. The van der Waals surface area contributed by atoms with Gasteiger partial charge >= 0.3 is 0 Å². The Morgan fingerprint density at radius 1 is 1.26 bits per heavy atom. The molecule has 2 saturated heterocycles. The summed E-state index contributed by atoms with van der Waals surface area (Å²) >= 11 is 0. The fourth-order valence-electron chi connectivity index (χ4n) is 4.74. The number of amides is 1. The summed E-state index contributed by atoms with van der Waals surface area (Å²) in [6, 6.07) is 8.52. The van der Waals surface area contributed by atoms with Gasteiger partial charge in [0.05, 0.1) is 18.8 Å². The highest BCUT2D eigenvalue weighted by molar-refractivity contribution is 5.92. The zero-order chi connectivity index (χ0) is 22.2. The Morgan fingerprint density at radius 2 is 2.03 bits per heavy atom. The standard InChI is InChI=1S/C22H28N4O2.CH2O2/c1-3-28-11-10-25-13-17-14-26(22(27)20-12-23-8-9-24-20)21(19(17)15-25)18-7-5-4-6-16(18)2;2-1-3/h4-9,12,17,19,21H,3,10-11,13-15H2,1-2H3;1H,(H,2,3)/t17-,19-,21+;/m0./s1. The molecular weight excluding hydrogens is 396 g/mol. The van der Waals surface area contributed by atoms with E-state index in [2.05, 4.69) is 46.1 Å². The number of carbonyl (C=O) groups excluding carboxylic acids is 1. The van der Waals surface area contributed by atoms with Crippen LogP contribution in [0.25, 0.3) is 0 Å². The number of aromatic nitrogens is 2. The molecule has 2 aliphatic rings. The summed E-state index contributed by atoms with van der Waals surface area (Å²) in [7, 11) is 0. The van der Waals surface area contributed by atoms with Crippen LogP contribution in [0.4, 0.5) is 0 Å². The first kappa shape index (κ1) is 22.8. The maximum atomic E-state index is 13.3. The maximum Gasteiger partial charge on any atom is 0.290 e. The summed E-state index contributed by atoms with van der Waals surface area (Å²) in [4.78, 5) is 34.5. The third-order valence-electron chi connectivity index (χ3n) is 6.05. The van der Waals surface area contributed by atoms with Crippen LogP contribution in [0.15, 0.2) is 42.9 Å². The van der Waals surface area contributed by atoms with Gasteiger partial charge in [-0.05, 0) is 30.9 Å². The summed E-state index contributed by atoms with van der Waals surface area (Å²) in [6.45, 7) is 9.19. The number of hydrogen-bond donors (Lipinski definition) is 1. The Hall–Kier alpha value is -2.84. The molecule has 2 aromatic rings. The van der Waals surface area contributed by atoms with Crippen LogP contribution in [0.2, 0.25) is 0 Å². The second-order valence-electron chi connectivity index (χ2n) is 7.84. The largest absolute Gasteiger partial charge is 0.483 e. The van der Waals surface area contributed by atoms with Crippen molar-refractivity contribution >= 4 is 12.4 Å². The van der Waals surface area contributed by atoms with E-state index in [1.54, 1.807) is 18.6 Å². The smallest absolute Gasteiger partial charge is 0.290 e. The molecule has 0 bridgehead atoms. The average Bonchev–Trinajstić information content (AvgIpc) is 3.33. The lowest BCUT2D eigenvalue weighted by Crippen LogP contribution is -2.37. The molecule has 2 aliphatic heterocycles. The van der Waals surface area contributed by atoms with Gasteiger partial charge in [-0.15, -0.1) is 0 Å². The topological polar surface area (TPSA) is 95.9 Å². The van der Waals surface area contributed by atoms with E-state index in [-0.39, 0.29) is 18.4 Å². The number of carbonyl (C=O) groups is 2. The first-order chi connectivity index (χ1) is 15.1. The molecule has 31 heavy (non-hydrogen) atoms. The van der Waals surface area contributed by atoms with Crippen molar-refractivity contribution in [1.82, 2.24) is 19.8 Å². The van der Waals surface area contributed by atoms with Gasteiger partial charge < -0.3 is 19.6 Å². The van der Waals surface area contributed by atoms with Gasteiger partial charge in [-0.1, -0.05) is 24.3 Å². The molecule has 1 aromatic heterocycles. The molecule has 0 saturated carbocycles. The number of carboxylic acid groups (broad SMARTS) is 1. The Bertz CT molecular complexity index is 864. The maximum absolute atomic E-state index is 13.3. The highest BCUT2D eigenvalue weighted by Crippen LogP contribution is 2.46. The minimum atomic E-state index is -0.250. The van der Waals surface area contributed by atoms with Crippen molar-refractivity contribution in [1.29, 1.82) is 0 Å². The zero-order valence-electron chi connectivity index (χ0n) is 18.1. The molecule has 1 N–H and O–H groups in total. The van der Waals surface area contributed by atoms with E-state index in [9.17, 15) is 4.79 Å². The molecule has 4 rings (SSSR count). The minimum absolute atomic E-state index is 0.0170. The van der Waals surface area contributed by atoms with Crippen LogP contribution in [-0.4, -0.2) is 76.6 Å². The van der Waals surface area contributed by atoms with Crippen molar-refractivity contribution in [2.45, 2.75) is 19.9 Å². The van der Waals surface area contributed by atoms with E-state index in [0.29, 0.717) is 17.5 Å². The molecule has 0 radical (unpaired) electrons. The first-order valence-electron chi connectivity index (χ1n) is 10.6. The van der Waals surface area contributed by atoms with Crippen molar-refractivity contribution in [3.05, 3.63) is 59.7 Å². The van der Waals surface area contributed by atoms with Crippen molar-refractivity contribution in [3.63, 3.8) is 0 Å². The molecule has 0 unspecified atom stereocenters. The third-order valence-corrected chi connectivity index (χ3v) is 6.05. The van der Waals surface area contributed by atoms with E-state index in [1.807, 2.05) is 11.8 Å². The van der Waals surface area contributed by atoms with Crippen LogP contribution < -0.4 is 0 Å². The summed E-state index contributed by atoms with van der Waals surface area (Å²) in [5.74, 6) is 0.895. The molecule has 0 aliphatic carbocycles. The molecule has 1 aromatic carbocycles. The Morgan fingerprint density at radius 3 is 2.71 bits per heavy atom. The van der Waals surface area contributed by atoms with Gasteiger partial charge in [0.2, 0.25) is 0 Å². The van der Waals surface area contributed by atoms with Gasteiger partial charge in [0.1, 0.15) is 5.69 Å². The highest BCUT2D eigenvalue weighted by atomic mass is 16.5. The van der Waals surface area contributed by atoms with Crippen LogP contribution in [0.3, 0.4) is 0 Å². The van der Waals surface area contributed by atoms with Gasteiger partial charge in [0.25, 0.3) is 12.4 Å².